The van der Waals surface area contributed by atoms with Crippen LogP contribution in [0.15, 0.2) is 24.3 Å². The van der Waals surface area contributed by atoms with Crippen molar-refractivity contribution in [1.82, 2.24) is 5.32 Å². The van der Waals surface area contributed by atoms with Crippen molar-refractivity contribution in [2.75, 3.05) is 0 Å². The molecule has 0 radical (unpaired) electrons. The zero-order valence-corrected chi connectivity index (χ0v) is 12.1. The summed E-state index contributed by atoms with van der Waals surface area (Å²) in [5, 5.41) is 14.0. The topological polar surface area (TPSA) is 72.2 Å². The van der Waals surface area contributed by atoms with Gasteiger partial charge in [0.05, 0.1) is 4.92 Å². The molecule has 0 aliphatic heterocycles. The van der Waals surface area contributed by atoms with Crippen molar-refractivity contribution < 1.29 is 9.72 Å². The van der Waals surface area contributed by atoms with Crippen molar-refractivity contribution in [3.8, 4) is 0 Å². The second kappa shape index (κ2) is 5.47. The van der Waals surface area contributed by atoms with E-state index in [1.807, 2.05) is 6.92 Å². The Balaban J connectivity index is 1.70. The van der Waals surface area contributed by atoms with Crippen LogP contribution in [0.3, 0.4) is 0 Å². The van der Waals surface area contributed by atoms with Gasteiger partial charge in [0, 0.05) is 12.1 Å². The molecule has 0 saturated heterocycles. The molecule has 2 aliphatic rings. The van der Waals surface area contributed by atoms with E-state index in [0.717, 1.165) is 11.8 Å². The number of nitrogens with one attached hydrogen (secondary N) is 1. The Morgan fingerprint density at radius 3 is 2.71 bits per heavy atom. The van der Waals surface area contributed by atoms with E-state index < -0.39 is 4.92 Å². The molecule has 0 unspecified atom stereocenters. The van der Waals surface area contributed by atoms with E-state index in [4.69, 9.17) is 0 Å². The van der Waals surface area contributed by atoms with E-state index in [-0.39, 0.29) is 23.2 Å². The molecule has 2 fully saturated rings. The predicted octanol–water partition coefficient (Wildman–Crippen LogP) is 3.15. The Kier molecular flexibility index (Phi) is 3.66. The Bertz CT molecular complexity index is 572. The molecule has 1 aromatic rings. The van der Waals surface area contributed by atoms with Crippen molar-refractivity contribution in [2.24, 2.45) is 17.8 Å². The second-order valence-electron chi connectivity index (χ2n) is 6.38. The Morgan fingerprint density at radius 2 is 2.10 bits per heavy atom. The number of para-hydroxylation sites is 1. The van der Waals surface area contributed by atoms with E-state index in [1.54, 1.807) is 12.1 Å². The molecule has 21 heavy (non-hydrogen) atoms. The average molecular weight is 288 g/mol. The number of fused-ring (bicyclic) bond motifs is 2. The standard InChI is InChI=1S/C16H20N2O3/c1-10(14-9-11-6-7-12(14)8-11)17-16(19)13-4-2-3-5-15(13)18(20)21/h2-5,10-12,14H,6-9H2,1H3,(H,17,19)/t10-,11-,12-,14-/m1/s1. The highest BCUT2D eigenvalue weighted by Gasteiger charge is 2.42. The minimum atomic E-state index is -0.503. The van der Waals surface area contributed by atoms with Crippen LogP contribution in [-0.4, -0.2) is 16.9 Å². The van der Waals surface area contributed by atoms with E-state index in [2.05, 4.69) is 5.32 Å². The molecule has 4 atom stereocenters. The number of carbonyl (C=O) groups excluding carboxylic acids is 1. The molecule has 5 heteroatoms. The van der Waals surface area contributed by atoms with Crippen molar-refractivity contribution in [2.45, 2.75) is 38.6 Å². The molecule has 1 amide bonds. The lowest BCUT2D eigenvalue weighted by molar-refractivity contribution is -0.385. The molecule has 2 bridgehead atoms. The van der Waals surface area contributed by atoms with Gasteiger partial charge in [-0.15, -0.1) is 0 Å². The number of hydrogen-bond acceptors (Lipinski definition) is 3. The average Bonchev–Trinajstić information content (AvgIpc) is 3.09. The zero-order valence-electron chi connectivity index (χ0n) is 12.1. The highest BCUT2D eigenvalue weighted by Crippen LogP contribution is 2.49. The SMILES string of the molecule is C[C@@H](NC(=O)c1ccccc1[N+](=O)[O-])[C@H]1C[C@@H]2CC[C@@H]1C2. The summed E-state index contributed by atoms with van der Waals surface area (Å²) in [6, 6.07) is 6.20. The van der Waals surface area contributed by atoms with Crippen molar-refractivity contribution >= 4 is 11.6 Å². The first-order chi connectivity index (χ1) is 10.1. The fourth-order valence-electron chi connectivity index (χ4n) is 4.12. The van der Waals surface area contributed by atoms with Gasteiger partial charge < -0.3 is 5.32 Å². The third-order valence-corrected chi connectivity index (χ3v) is 5.14. The first-order valence-corrected chi connectivity index (χ1v) is 7.60. The van der Waals surface area contributed by atoms with Gasteiger partial charge >= 0.3 is 0 Å². The van der Waals surface area contributed by atoms with Gasteiger partial charge in [0.2, 0.25) is 0 Å². The summed E-state index contributed by atoms with van der Waals surface area (Å²) in [4.78, 5) is 22.8. The van der Waals surface area contributed by atoms with E-state index in [1.165, 1.54) is 37.8 Å². The molecule has 1 aromatic carbocycles. The maximum absolute atomic E-state index is 12.3. The Hall–Kier alpha value is -1.91. The third kappa shape index (κ3) is 2.64. The van der Waals surface area contributed by atoms with Crippen LogP contribution < -0.4 is 5.32 Å². The lowest BCUT2D eigenvalue weighted by Gasteiger charge is -2.28. The smallest absolute Gasteiger partial charge is 0.282 e. The molecule has 0 heterocycles. The van der Waals surface area contributed by atoms with E-state index >= 15 is 0 Å². The molecule has 1 N–H and O–H groups in total. The summed E-state index contributed by atoms with van der Waals surface area (Å²) >= 11 is 0. The van der Waals surface area contributed by atoms with Gasteiger partial charge in [-0.1, -0.05) is 18.6 Å². The van der Waals surface area contributed by atoms with Crippen LogP contribution in [0, 0.1) is 27.9 Å². The summed E-state index contributed by atoms with van der Waals surface area (Å²) in [6.45, 7) is 2.03. The largest absolute Gasteiger partial charge is 0.349 e. The molecule has 112 valence electrons. The van der Waals surface area contributed by atoms with Gasteiger partial charge in [0.15, 0.2) is 0 Å². The molecule has 3 rings (SSSR count). The number of rotatable bonds is 4. The lowest BCUT2D eigenvalue weighted by atomic mass is 9.84. The van der Waals surface area contributed by atoms with Crippen molar-refractivity contribution in [3.05, 3.63) is 39.9 Å². The Morgan fingerprint density at radius 1 is 1.33 bits per heavy atom. The van der Waals surface area contributed by atoms with Gasteiger partial charge in [-0.2, -0.15) is 0 Å². The summed E-state index contributed by atoms with van der Waals surface area (Å²) in [7, 11) is 0. The highest BCUT2D eigenvalue weighted by atomic mass is 16.6. The summed E-state index contributed by atoms with van der Waals surface area (Å²) in [5.41, 5.74) is 0.0210. The normalized spacial score (nSPS) is 28.3. The predicted molar refractivity (Wildman–Crippen MR) is 79.0 cm³/mol. The molecule has 0 spiro atoms. The van der Waals surface area contributed by atoms with Gasteiger partial charge in [0.1, 0.15) is 5.56 Å². The van der Waals surface area contributed by atoms with Crippen LogP contribution in [0.5, 0.6) is 0 Å². The first kappa shape index (κ1) is 14.0. The minimum Gasteiger partial charge on any atom is -0.349 e. The van der Waals surface area contributed by atoms with E-state index in [9.17, 15) is 14.9 Å². The fraction of sp³-hybridized carbons (Fsp3) is 0.562. The molecular formula is C16H20N2O3. The van der Waals surface area contributed by atoms with Crippen LogP contribution in [0.1, 0.15) is 43.0 Å². The number of benzene rings is 1. The summed E-state index contributed by atoms with van der Waals surface area (Å²) in [5.74, 6) is 1.73. The fourth-order valence-corrected chi connectivity index (χ4v) is 4.12. The van der Waals surface area contributed by atoms with E-state index in [0.29, 0.717) is 5.92 Å². The number of nitro groups is 1. The molecule has 0 aromatic heterocycles. The summed E-state index contributed by atoms with van der Waals surface area (Å²) < 4.78 is 0. The Labute approximate surface area is 123 Å². The van der Waals surface area contributed by atoms with Crippen LogP contribution in [0.4, 0.5) is 5.69 Å². The lowest BCUT2D eigenvalue weighted by Crippen LogP contribution is -2.40. The van der Waals surface area contributed by atoms with Gasteiger partial charge in [-0.05, 0) is 50.0 Å². The molecule has 2 saturated carbocycles. The second-order valence-corrected chi connectivity index (χ2v) is 6.38. The maximum Gasteiger partial charge on any atom is 0.282 e. The van der Waals surface area contributed by atoms with Crippen LogP contribution >= 0.6 is 0 Å². The first-order valence-electron chi connectivity index (χ1n) is 7.60. The highest BCUT2D eigenvalue weighted by molar-refractivity contribution is 5.98. The van der Waals surface area contributed by atoms with Crippen molar-refractivity contribution in [1.29, 1.82) is 0 Å². The minimum absolute atomic E-state index is 0.0765. The van der Waals surface area contributed by atoms with Gasteiger partial charge in [-0.3, -0.25) is 14.9 Å². The molecular weight excluding hydrogens is 268 g/mol. The van der Waals surface area contributed by atoms with Crippen molar-refractivity contribution in [3.63, 3.8) is 0 Å². The molecule has 5 nitrogen and oxygen atoms in total. The monoisotopic (exact) mass is 288 g/mol. The number of amides is 1. The van der Waals surface area contributed by atoms with Crippen LogP contribution in [0.2, 0.25) is 0 Å². The van der Waals surface area contributed by atoms with Gasteiger partial charge in [-0.25, -0.2) is 0 Å². The van der Waals surface area contributed by atoms with Crippen LogP contribution in [0.25, 0.3) is 0 Å². The number of hydrogen-bond donors (Lipinski definition) is 1. The number of nitro benzene ring substituents is 1. The zero-order chi connectivity index (χ0) is 15.0. The van der Waals surface area contributed by atoms with Gasteiger partial charge in [0.25, 0.3) is 11.6 Å². The van der Waals surface area contributed by atoms with Crippen LogP contribution in [-0.2, 0) is 0 Å². The number of nitrogens with zero attached hydrogens (tertiary/aromatic N) is 1. The quantitative estimate of drug-likeness (QED) is 0.683. The maximum atomic E-state index is 12.3. The third-order valence-electron chi connectivity index (χ3n) is 5.14. The summed E-state index contributed by atoms with van der Waals surface area (Å²) in [6.07, 6.45) is 5.06. The number of carbonyl (C=O) groups is 1. The molecule has 2 aliphatic carbocycles.